The van der Waals surface area contributed by atoms with Gasteiger partial charge in [0, 0.05) is 51.0 Å². The normalized spacial score (nSPS) is 32.2. The second-order valence-electron chi connectivity index (χ2n) is 5.43. The van der Waals surface area contributed by atoms with E-state index in [4.69, 9.17) is 9.47 Å². The molecule has 0 aromatic carbocycles. The predicted molar refractivity (Wildman–Crippen MR) is 67.2 cm³/mol. The first-order valence-corrected chi connectivity index (χ1v) is 6.68. The predicted octanol–water partition coefficient (Wildman–Crippen LogP) is 0.848. The molecule has 5 heteroatoms. The van der Waals surface area contributed by atoms with Crippen LogP contribution < -0.4 is 5.32 Å². The van der Waals surface area contributed by atoms with Gasteiger partial charge in [0.2, 0.25) is 0 Å². The van der Waals surface area contributed by atoms with Gasteiger partial charge in [0.1, 0.15) is 0 Å². The number of nitrogens with one attached hydrogen (secondary N) is 1. The number of hydrogen-bond donors (Lipinski definition) is 1. The topological polar surface area (TPSA) is 48.3 Å². The summed E-state index contributed by atoms with van der Waals surface area (Å²) in [5.41, 5.74) is 1.23. The molecule has 2 aliphatic rings. The summed E-state index contributed by atoms with van der Waals surface area (Å²) in [7, 11) is 1.95. The first-order chi connectivity index (χ1) is 8.76. The van der Waals surface area contributed by atoms with Crippen molar-refractivity contribution in [2.24, 2.45) is 7.05 Å². The van der Waals surface area contributed by atoms with Gasteiger partial charge in [-0.25, -0.2) is 0 Å². The van der Waals surface area contributed by atoms with Crippen LogP contribution in [0.1, 0.15) is 24.8 Å². The lowest BCUT2D eigenvalue weighted by Gasteiger charge is -2.37. The maximum absolute atomic E-state index is 5.93. The Labute approximate surface area is 107 Å². The van der Waals surface area contributed by atoms with Crippen LogP contribution in [0.25, 0.3) is 0 Å². The van der Waals surface area contributed by atoms with Gasteiger partial charge in [-0.1, -0.05) is 0 Å². The first kappa shape index (κ1) is 12.1. The van der Waals surface area contributed by atoms with Crippen molar-refractivity contribution in [2.75, 3.05) is 19.8 Å². The minimum absolute atomic E-state index is 0.00907. The van der Waals surface area contributed by atoms with Crippen LogP contribution in [-0.2, 0) is 23.1 Å². The summed E-state index contributed by atoms with van der Waals surface area (Å²) in [4.78, 5) is 0. The molecule has 0 saturated carbocycles. The molecule has 2 unspecified atom stereocenters. The minimum atomic E-state index is -0.00907. The molecule has 2 aliphatic heterocycles. The van der Waals surface area contributed by atoms with Gasteiger partial charge < -0.3 is 14.8 Å². The lowest BCUT2D eigenvalue weighted by Crippen LogP contribution is -2.47. The van der Waals surface area contributed by atoms with E-state index in [2.05, 4.69) is 16.6 Å². The quantitative estimate of drug-likeness (QED) is 0.865. The molecule has 1 aromatic heterocycles. The van der Waals surface area contributed by atoms with E-state index in [0.29, 0.717) is 6.04 Å². The molecule has 2 atom stereocenters. The van der Waals surface area contributed by atoms with Gasteiger partial charge in [-0.15, -0.1) is 0 Å². The van der Waals surface area contributed by atoms with Crippen LogP contribution in [0, 0.1) is 0 Å². The molecule has 3 heterocycles. The van der Waals surface area contributed by atoms with Crippen molar-refractivity contribution < 1.29 is 9.47 Å². The van der Waals surface area contributed by atoms with Crippen LogP contribution in [0.15, 0.2) is 12.4 Å². The van der Waals surface area contributed by atoms with Gasteiger partial charge in [0.15, 0.2) is 0 Å². The average Bonchev–Trinajstić information content (AvgIpc) is 2.97. The Balaban J connectivity index is 1.53. The number of aryl methyl sites for hydroxylation is 1. The van der Waals surface area contributed by atoms with Crippen molar-refractivity contribution in [3.8, 4) is 0 Å². The summed E-state index contributed by atoms with van der Waals surface area (Å²) in [5.74, 6) is 0. The van der Waals surface area contributed by atoms with Crippen molar-refractivity contribution in [3.63, 3.8) is 0 Å². The molecule has 2 saturated heterocycles. The zero-order valence-corrected chi connectivity index (χ0v) is 10.9. The molecule has 100 valence electrons. The van der Waals surface area contributed by atoms with E-state index in [0.717, 1.165) is 45.6 Å². The zero-order chi connectivity index (χ0) is 12.4. The van der Waals surface area contributed by atoms with Crippen molar-refractivity contribution in [1.29, 1.82) is 0 Å². The Morgan fingerprint density at radius 1 is 1.56 bits per heavy atom. The highest BCUT2D eigenvalue weighted by Gasteiger charge is 2.40. The highest BCUT2D eigenvalue weighted by molar-refractivity contribution is 5.03. The second-order valence-corrected chi connectivity index (χ2v) is 5.43. The Morgan fingerprint density at radius 3 is 3.22 bits per heavy atom. The van der Waals surface area contributed by atoms with E-state index in [-0.39, 0.29) is 5.60 Å². The van der Waals surface area contributed by atoms with Crippen LogP contribution in [-0.4, -0.2) is 41.2 Å². The number of aromatic nitrogens is 2. The maximum atomic E-state index is 5.93. The van der Waals surface area contributed by atoms with Gasteiger partial charge in [-0.3, -0.25) is 4.68 Å². The fourth-order valence-electron chi connectivity index (χ4n) is 2.89. The molecule has 2 fully saturated rings. The van der Waals surface area contributed by atoms with Crippen LogP contribution in [0.2, 0.25) is 0 Å². The lowest BCUT2D eigenvalue weighted by molar-refractivity contribution is -0.0894. The van der Waals surface area contributed by atoms with Gasteiger partial charge in [0.25, 0.3) is 0 Å². The molecule has 0 amide bonds. The molecular weight excluding hydrogens is 230 g/mol. The molecule has 1 aromatic rings. The summed E-state index contributed by atoms with van der Waals surface area (Å²) < 4.78 is 13.3. The first-order valence-electron chi connectivity index (χ1n) is 6.68. The van der Waals surface area contributed by atoms with Crippen molar-refractivity contribution >= 4 is 0 Å². The van der Waals surface area contributed by atoms with Gasteiger partial charge in [-0.2, -0.15) is 5.10 Å². The summed E-state index contributed by atoms with van der Waals surface area (Å²) >= 11 is 0. The SMILES string of the molecule is Cn1cc(CNC2CCOC3(CCOC3)C2)cn1. The summed E-state index contributed by atoms with van der Waals surface area (Å²) in [5, 5.41) is 7.80. The van der Waals surface area contributed by atoms with Crippen LogP contribution >= 0.6 is 0 Å². The summed E-state index contributed by atoms with van der Waals surface area (Å²) in [6, 6.07) is 0.528. The van der Waals surface area contributed by atoms with E-state index in [9.17, 15) is 0 Å². The largest absolute Gasteiger partial charge is 0.378 e. The Hall–Kier alpha value is -0.910. The molecule has 0 radical (unpaired) electrons. The van der Waals surface area contributed by atoms with Crippen molar-refractivity contribution in [3.05, 3.63) is 18.0 Å². The van der Waals surface area contributed by atoms with Crippen LogP contribution in [0.3, 0.4) is 0 Å². The fraction of sp³-hybridized carbons (Fsp3) is 0.769. The van der Waals surface area contributed by atoms with Gasteiger partial charge in [-0.05, 0) is 12.8 Å². The third kappa shape index (κ3) is 2.58. The number of rotatable bonds is 3. The Morgan fingerprint density at radius 2 is 2.50 bits per heavy atom. The lowest BCUT2D eigenvalue weighted by atomic mass is 9.89. The molecule has 0 bridgehead atoms. The Bertz CT molecular complexity index is 399. The third-order valence-corrected chi connectivity index (χ3v) is 3.91. The Kier molecular flexibility index (Phi) is 3.37. The van der Waals surface area contributed by atoms with Gasteiger partial charge >= 0.3 is 0 Å². The smallest absolute Gasteiger partial charge is 0.0951 e. The molecule has 3 rings (SSSR count). The number of nitrogens with zero attached hydrogens (tertiary/aromatic N) is 2. The van der Waals surface area contributed by atoms with Crippen molar-refractivity contribution in [2.45, 2.75) is 37.5 Å². The molecule has 18 heavy (non-hydrogen) atoms. The third-order valence-electron chi connectivity index (χ3n) is 3.91. The zero-order valence-electron chi connectivity index (χ0n) is 10.9. The maximum Gasteiger partial charge on any atom is 0.0951 e. The number of ether oxygens (including phenoxy) is 2. The second kappa shape index (κ2) is 4.99. The molecule has 1 spiro atoms. The minimum Gasteiger partial charge on any atom is -0.378 e. The van der Waals surface area contributed by atoms with E-state index < -0.39 is 0 Å². The van der Waals surface area contributed by atoms with E-state index in [1.165, 1.54) is 5.56 Å². The molecule has 1 N–H and O–H groups in total. The van der Waals surface area contributed by atoms with Gasteiger partial charge in [0.05, 0.1) is 18.4 Å². The van der Waals surface area contributed by atoms with E-state index in [1.807, 2.05) is 17.9 Å². The summed E-state index contributed by atoms with van der Waals surface area (Å²) in [6.07, 6.45) is 7.16. The van der Waals surface area contributed by atoms with E-state index >= 15 is 0 Å². The highest BCUT2D eigenvalue weighted by atomic mass is 16.6. The molecule has 0 aliphatic carbocycles. The van der Waals surface area contributed by atoms with Crippen LogP contribution in [0.5, 0.6) is 0 Å². The molecule has 5 nitrogen and oxygen atoms in total. The highest BCUT2D eigenvalue weighted by Crippen LogP contribution is 2.32. The van der Waals surface area contributed by atoms with Crippen LogP contribution in [0.4, 0.5) is 0 Å². The standard InChI is InChI=1S/C13H21N3O2/c1-16-9-11(8-15-16)7-14-12-2-4-18-13(6-12)3-5-17-10-13/h8-9,12,14H,2-7,10H2,1H3. The average molecular weight is 251 g/mol. The fourth-order valence-corrected chi connectivity index (χ4v) is 2.89. The summed E-state index contributed by atoms with van der Waals surface area (Å²) in [6.45, 7) is 3.33. The number of hydrogen-bond acceptors (Lipinski definition) is 4. The van der Waals surface area contributed by atoms with Crippen molar-refractivity contribution in [1.82, 2.24) is 15.1 Å². The monoisotopic (exact) mass is 251 g/mol. The molecular formula is C13H21N3O2. The van der Waals surface area contributed by atoms with E-state index in [1.54, 1.807) is 0 Å².